The summed E-state index contributed by atoms with van der Waals surface area (Å²) in [6.07, 6.45) is 0. The molecule has 0 radical (unpaired) electrons. The largest absolute Gasteiger partial charge is 0.489 e. The first-order valence-corrected chi connectivity index (χ1v) is 39.1. The van der Waals surface area contributed by atoms with Crippen LogP contribution in [0, 0.1) is 0 Å². The summed E-state index contributed by atoms with van der Waals surface area (Å²) in [6, 6.07) is 149. The molecule has 524 valence electrons. The van der Waals surface area contributed by atoms with Gasteiger partial charge in [-0.05, 0) is 232 Å². The van der Waals surface area contributed by atoms with Crippen molar-refractivity contribution in [1.82, 2.24) is 0 Å². The van der Waals surface area contributed by atoms with E-state index in [-0.39, 0.29) is 0 Å². The lowest BCUT2D eigenvalue weighted by atomic mass is 9.76. The predicted octanol–water partition coefficient (Wildman–Crippen LogP) is 28.9. The number of hydrogen-bond acceptors (Lipinski definition) is 2. The van der Waals surface area contributed by atoms with Gasteiger partial charge in [-0.15, -0.1) is 0 Å². The molecule has 0 amide bonds. The molecule has 22 aromatic rings. The number of halogens is 1. The van der Waals surface area contributed by atoms with Crippen molar-refractivity contribution in [1.29, 1.82) is 0 Å². The average Bonchev–Trinajstić information content (AvgIpc) is 0.708. The summed E-state index contributed by atoms with van der Waals surface area (Å²) in [5.74, 6) is 0. The van der Waals surface area contributed by atoms with Gasteiger partial charge in [0.1, 0.15) is 0 Å². The highest BCUT2D eigenvalue weighted by Crippen LogP contribution is 2.52. The lowest BCUT2D eigenvalue weighted by molar-refractivity contribution is 0.426. The molecule has 0 spiro atoms. The molecular formula is C108H70BBrO2. The fraction of sp³-hybridized carbons (Fsp3) is 0. The van der Waals surface area contributed by atoms with Crippen molar-refractivity contribution in [3.05, 3.63) is 417 Å². The topological polar surface area (TPSA) is 40.5 Å². The summed E-state index contributed by atoms with van der Waals surface area (Å²) >= 11 is 3.98. The summed E-state index contributed by atoms with van der Waals surface area (Å²) in [7, 11) is -1.44. The van der Waals surface area contributed by atoms with Crippen LogP contribution < -0.4 is 5.46 Å². The van der Waals surface area contributed by atoms with Gasteiger partial charge in [0.2, 0.25) is 0 Å². The smallest absolute Gasteiger partial charge is 0.423 e. The minimum atomic E-state index is -1.44. The first kappa shape index (κ1) is 67.8. The Morgan fingerprint density at radius 3 is 0.866 bits per heavy atom. The molecule has 2 N–H and O–H groups in total. The van der Waals surface area contributed by atoms with Crippen LogP contribution in [0.15, 0.2) is 417 Å². The van der Waals surface area contributed by atoms with Gasteiger partial charge in [0.25, 0.3) is 0 Å². The van der Waals surface area contributed by atoms with Crippen molar-refractivity contribution >= 4 is 136 Å². The Morgan fingerprint density at radius 2 is 0.438 bits per heavy atom. The molecule has 0 heterocycles. The third-order valence-corrected chi connectivity index (χ3v) is 23.5. The summed E-state index contributed by atoms with van der Waals surface area (Å²) in [4.78, 5) is 0. The Labute approximate surface area is 658 Å². The minimum Gasteiger partial charge on any atom is -0.423 e. The van der Waals surface area contributed by atoms with Gasteiger partial charge in [0, 0.05) is 4.47 Å². The molecule has 0 bridgehead atoms. The monoisotopic (exact) mass is 1490 g/mol. The standard InChI is InChI=1S/C54H34.C40H25Br.C14H11BO2/c1-3-15-35(16-4-1)39-20-9-11-23-42(39)46-29-27-37-28-30-48-51(44-25-12-10-21-40(44)36-17-5-2-6-18-36)34-52(49-32-31-47(46)53(37)54(48)49)50-33-38-19-7-8-22-41(38)43-24-13-14-26-45(43)50;41-38-25-37(32-18-10-8-16-30(32)27-13-5-2-6-14-27)35-22-20-28-19-21-33(34-23-24-36(38)40(35)39(28)34)31-17-9-7-15-29(31)26-11-3-1-4-12-26;16-15(17)14-9-10-5-1-2-6-11(10)12-7-3-4-8-13(12)14/h1-34H;1-25H;1-9,16-17H. The quantitative estimate of drug-likeness (QED) is 0.106. The first-order valence-electron chi connectivity index (χ1n) is 38.3. The van der Waals surface area contributed by atoms with Crippen molar-refractivity contribution in [2.75, 3.05) is 0 Å². The van der Waals surface area contributed by atoms with Crippen molar-refractivity contribution < 1.29 is 10.0 Å². The van der Waals surface area contributed by atoms with Gasteiger partial charge >= 0.3 is 7.12 Å². The maximum absolute atomic E-state index is 9.44. The van der Waals surface area contributed by atoms with E-state index in [0.29, 0.717) is 5.46 Å². The molecule has 22 rings (SSSR count). The van der Waals surface area contributed by atoms with Crippen LogP contribution in [0.4, 0.5) is 0 Å². The van der Waals surface area contributed by atoms with Crippen molar-refractivity contribution in [3.63, 3.8) is 0 Å². The molecule has 22 aromatic carbocycles. The summed E-state index contributed by atoms with van der Waals surface area (Å²) in [5.41, 5.74) is 22.9. The lowest BCUT2D eigenvalue weighted by Gasteiger charge is -2.22. The van der Waals surface area contributed by atoms with E-state index in [1.54, 1.807) is 0 Å². The normalized spacial score (nSPS) is 11.5. The van der Waals surface area contributed by atoms with Crippen molar-refractivity contribution in [2.45, 2.75) is 0 Å². The molecule has 4 heteroatoms. The van der Waals surface area contributed by atoms with E-state index < -0.39 is 7.12 Å². The zero-order chi connectivity index (χ0) is 74.8. The van der Waals surface area contributed by atoms with Gasteiger partial charge in [-0.2, -0.15) is 0 Å². The van der Waals surface area contributed by atoms with E-state index in [9.17, 15) is 10.0 Å². The number of hydrogen-bond donors (Lipinski definition) is 2. The third kappa shape index (κ3) is 11.8. The summed E-state index contributed by atoms with van der Waals surface area (Å²) in [5, 5.41) is 43.5. The lowest BCUT2D eigenvalue weighted by Crippen LogP contribution is -2.30. The van der Waals surface area contributed by atoms with Gasteiger partial charge < -0.3 is 10.0 Å². The first-order chi connectivity index (χ1) is 55.4. The molecule has 0 aromatic heterocycles. The van der Waals surface area contributed by atoms with Crippen LogP contribution in [0.1, 0.15) is 0 Å². The van der Waals surface area contributed by atoms with Crippen LogP contribution in [0.5, 0.6) is 0 Å². The van der Waals surface area contributed by atoms with Crippen LogP contribution in [0.3, 0.4) is 0 Å². The Balaban J connectivity index is 0.000000123. The van der Waals surface area contributed by atoms with Crippen LogP contribution in [0.2, 0.25) is 0 Å². The second-order valence-corrected chi connectivity index (χ2v) is 29.9. The van der Waals surface area contributed by atoms with E-state index in [2.05, 4.69) is 374 Å². The summed E-state index contributed by atoms with van der Waals surface area (Å²) in [6.45, 7) is 0. The van der Waals surface area contributed by atoms with Gasteiger partial charge in [-0.1, -0.05) is 410 Å². The van der Waals surface area contributed by atoms with Crippen LogP contribution >= 0.6 is 15.9 Å². The van der Waals surface area contributed by atoms with Gasteiger partial charge in [0.15, 0.2) is 0 Å². The number of rotatable bonds is 10. The molecule has 0 aliphatic carbocycles. The molecule has 0 aliphatic rings. The zero-order valence-corrected chi connectivity index (χ0v) is 62.7. The Morgan fingerprint density at radius 1 is 0.161 bits per heavy atom. The van der Waals surface area contributed by atoms with E-state index in [0.717, 1.165) is 26.0 Å². The molecule has 0 saturated carbocycles. The van der Waals surface area contributed by atoms with Crippen LogP contribution in [-0.4, -0.2) is 17.2 Å². The Kier molecular flexibility index (Phi) is 17.4. The number of benzene rings is 22. The fourth-order valence-corrected chi connectivity index (χ4v) is 18.4. The highest BCUT2D eigenvalue weighted by atomic mass is 79.9. The van der Waals surface area contributed by atoms with Crippen LogP contribution in [-0.2, 0) is 0 Å². The second kappa shape index (κ2) is 28.8. The maximum atomic E-state index is 9.44. The number of fused-ring (bicyclic) bond motifs is 6. The summed E-state index contributed by atoms with van der Waals surface area (Å²) < 4.78 is 1.12. The van der Waals surface area contributed by atoms with Crippen molar-refractivity contribution in [3.8, 4) is 100 Å². The van der Waals surface area contributed by atoms with Crippen molar-refractivity contribution in [2.24, 2.45) is 0 Å². The highest BCUT2D eigenvalue weighted by Gasteiger charge is 2.25. The van der Waals surface area contributed by atoms with Gasteiger partial charge in [-0.25, -0.2) is 0 Å². The predicted molar refractivity (Wildman–Crippen MR) is 483 cm³/mol. The van der Waals surface area contributed by atoms with E-state index in [4.69, 9.17) is 0 Å². The molecule has 0 aliphatic heterocycles. The second-order valence-electron chi connectivity index (χ2n) is 29.0. The maximum Gasteiger partial charge on any atom is 0.489 e. The molecule has 2 nitrogen and oxygen atoms in total. The Bertz CT molecular complexity index is 7340. The molecule has 0 atom stereocenters. The Hall–Kier alpha value is -13.6. The molecule has 0 unspecified atom stereocenters. The van der Waals surface area contributed by atoms with Crippen LogP contribution in [0.25, 0.3) is 208 Å². The average molecular weight is 1490 g/mol. The van der Waals surface area contributed by atoms with Gasteiger partial charge in [0.05, 0.1) is 0 Å². The third-order valence-electron chi connectivity index (χ3n) is 22.9. The molecule has 0 saturated heterocycles. The van der Waals surface area contributed by atoms with E-state index in [1.165, 1.54) is 186 Å². The van der Waals surface area contributed by atoms with Gasteiger partial charge in [-0.3, -0.25) is 0 Å². The molecule has 0 fully saturated rings. The SMILES string of the molecule is Brc1cc(-c2ccccc2-c2ccccc2)c2ccc3ccc(-c4ccccc4-c4ccccc4)c4ccc1c2c34.OB(O)c1cc2ccccc2c2ccccc12.c1ccc(-c2ccccc2-c2ccc3ccc4c(-c5ccccc5-c5ccccc5)cc(-c5cc6ccccc6c6ccccc56)c5ccc2c3c45)cc1. The molecular weight excluding hydrogens is 1420 g/mol. The minimum absolute atomic E-state index is 0.555. The van der Waals surface area contributed by atoms with E-state index in [1.807, 2.05) is 54.6 Å². The zero-order valence-electron chi connectivity index (χ0n) is 61.1. The highest BCUT2D eigenvalue weighted by molar-refractivity contribution is 9.10. The van der Waals surface area contributed by atoms with E-state index >= 15 is 0 Å². The fourth-order valence-electron chi connectivity index (χ4n) is 17.8. The molecule has 112 heavy (non-hydrogen) atoms.